The first-order valence-electron chi connectivity index (χ1n) is 8.72. The molecule has 0 radical (unpaired) electrons. The lowest BCUT2D eigenvalue weighted by Crippen LogP contribution is -2.25. The number of carbonyl (C=O) groups excluding carboxylic acids is 1. The Morgan fingerprint density at radius 2 is 2.04 bits per heavy atom. The summed E-state index contributed by atoms with van der Waals surface area (Å²) in [7, 11) is 1.53. The van der Waals surface area contributed by atoms with E-state index in [0.29, 0.717) is 17.9 Å². The molecule has 28 heavy (non-hydrogen) atoms. The van der Waals surface area contributed by atoms with Crippen LogP contribution in [0.15, 0.2) is 54.7 Å². The molecular weight excluding hydrogens is 356 g/mol. The van der Waals surface area contributed by atoms with E-state index in [1.165, 1.54) is 7.05 Å². The molecule has 0 spiro atoms. The van der Waals surface area contributed by atoms with Gasteiger partial charge >= 0.3 is 0 Å². The smallest absolute Gasteiger partial charge is 0.257 e. The minimum Gasteiger partial charge on any atom is -0.483 e. The summed E-state index contributed by atoms with van der Waals surface area (Å²) in [6, 6.07) is 15.1. The van der Waals surface area contributed by atoms with Gasteiger partial charge < -0.3 is 26.1 Å². The number of amidine groups is 1. The van der Waals surface area contributed by atoms with Gasteiger partial charge in [-0.2, -0.15) is 0 Å². The van der Waals surface area contributed by atoms with Gasteiger partial charge in [-0.25, -0.2) is 4.98 Å². The number of ether oxygens (including phenoxy) is 1. The van der Waals surface area contributed by atoms with Crippen LogP contribution in [0.4, 0.5) is 5.69 Å². The number of nitrogens with one attached hydrogen (secondary N) is 4. The third kappa shape index (κ3) is 4.67. The van der Waals surface area contributed by atoms with Crippen molar-refractivity contribution in [3.8, 4) is 17.0 Å². The van der Waals surface area contributed by atoms with Crippen LogP contribution in [-0.2, 0) is 11.3 Å². The molecule has 144 valence electrons. The van der Waals surface area contributed by atoms with Crippen LogP contribution in [0.1, 0.15) is 11.4 Å². The summed E-state index contributed by atoms with van der Waals surface area (Å²) in [4.78, 5) is 19.1. The SMILES string of the molecule is CNC(=O)COc1cc(NCc2ncc(-c3ccccc3)[nH]2)ccc1C(=N)N. The summed E-state index contributed by atoms with van der Waals surface area (Å²) < 4.78 is 5.51. The highest BCUT2D eigenvalue weighted by atomic mass is 16.5. The van der Waals surface area contributed by atoms with Gasteiger partial charge in [0.1, 0.15) is 17.4 Å². The first-order valence-corrected chi connectivity index (χ1v) is 8.72. The van der Waals surface area contributed by atoms with Crippen molar-refractivity contribution in [2.75, 3.05) is 19.0 Å². The number of anilines is 1. The van der Waals surface area contributed by atoms with Crippen LogP contribution in [0.3, 0.4) is 0 Å². The van der Waals surface area contributed by atoms with Gasteiger partial charge in [0.2, 0.25) is 0 Å². The zero-order chi connectivity index (χ0) is 19.9. The highest BCUT2D eigenvalue weighted by Crippen LogP contribution is 2.24. The number of benzene rings is 2. The van der Waals surface area contributed by atoms with E-state index < -0.39 is 0 Å². The third-order valence-corrected chi connectivity index (χ3v) is 4.08. The molecule has 2 aromatic carbocycles. The van der Waals surface area contributed by atoms with Crippen molar-refractivity contribution in [1.82, 2.24) is 15.3 Å². The summed E-state index contributed by atoms with van der Waals surface area (Å²) in [6.45, 7) is 0.319. The van der Waals surface area contributed by atoms with E-state index in [-0.39, 0.29) is 18.3 Å². The van der Waals surface area contributed by atoms with E-state index in [1.54, 1.807) is 24.4 Å². The Bertz CT molecular complexity index is 968. The maximum Gasteiger partial charge on any atom is 0.257 e. The van der Waals surface area contributed by atoms with Gasteiger partial charge in [0.05, 0.1) is 24.0 Å². The van der Waals surface area contributed by atoms with Crippen LogP contribution in [0.25, 0.3) is 11.3 Å². The van der Waals surface area contributed by atoms with Gasteiger partial charge in [-0.15, -0.1) is 0 Å². The van der Waals surface area contributed by atoms with Crippen LogP contribution in [-0.4, -0.2) is 35.4 Å². The van der Waals surface area contributed by atoms with Crippen molar-refractivity contribution in [1.29, 1.82) is 5.41 Å². The molecule has 0 bridgehead atoms. The number of H-pyrrole nitrogens is 1. The van der Waals surface area contributed by atoms with E-state index in [4.69, 9.17) is 15.9 Å². The molecule has 0 aliphatic heterocycles. The van der Waals surface area contributed by atoms with Gasteiger partial charge in [-0.3, -0.25) is 10.2 Å². The van der Waals surface area contributed by atoms with Crippen molar-refractivity contribution >= 4 is 17.4 Å². The number of nitrogens with two attached hydrogens (primary N) is 1. The number of rotatable bonds is 8. The maximum atomic E-state index is 11.4. The molecule has 0 saturated heterocycles. The second-order valence-electron chi connectivity index (χ2n) is 6.05. The summed E-state index contributed by atoms with van der Waals surface area (Å²) >= 11 is 0. The molecule has 3 aromatic rings. The maximum absolute atomic E-state index is 11.4. The lowest BCUT2D eigenvalue weighted by atomic mass is 10.1. The van der Waals surface area contributed by atoms with E-state index in [2.05, 4.69) is 20.6 Å². The zero-order valence-electron chi connectivity index (χ0n) is 15.5. The molecule has 0 aliphatic rings. The van der Waals surface area contributed by atoms with Gasteiger partial charge in [0.15, 0.2) is 6.61 Å². The lowest BCUT2D eigenvalue weighted by Gasteiger charge is -2.13. The Hall–Kier alpha value is -3.81. The van der Waals surface area contributed by atoms with Gasteiger partial charge in [0.25, 0.3) is 5.91 Å². The van der Waals surface area contributed by atoms with Gasteiger partial charge in [-0.1, -0.05) is 30.3 Å². The third-order valence-electron chi connectivity index (χ3n) is 4.08. The molecule has 3 rings (SSSR count). The number of amides is 1. The molecule has 0 unspecified atom stereocenters. The average molecular weight is 378 g/mol. The van der Waals surface area contributed by atoms with Gasteiger partial charge in [-0.05, 0) is 17.7 Å². The second kappa shape index (κ2) is 8.72. The van der Waals surface area contributed by atoms with E-state index >= 15 is 0 Å². The number of carbonyl (C=O) groups is 1. The van der Waals surface area contributed by atoms with Crippen LogP contribution >= 0.6 is 0 Å². The molecule has 1 aromatic heterocycles. The standard InChI is InChI=1S/C20H22N6O2/c1-23-19(27)12-28-17-9-14(7-8-15(17)20(21)22)24-11-18-25-10-16(26-18)13-5-3-2-4-6-13/h2-10,24H,11-12H2,1H3,(H3,21,22)(H,23,27)(H,25,26). The molecular formula is C20H22N6O2. The van der Waals surface area contributed by atoms with Crippen molar-refractivity contribution in [3.63, 3.8) is 0 Å². The monoisotopic (exact) mass is 378 g/mol. The molecule has 0 saturated carbocycles. The highest BCUT2D eigenvalue weighted by Gasteiger charge is 2.10. The van der Waals surface area contributed by atoms with E-state index in [9.17, 15) is 4.79 Å². The summed E-state index contributed by atoms with van der Waals surface area (Å²) in [5.74, 6) is 0.752. The summed E-state index contributed by atoms with van der Waals surface area (Å²) in [5, 5.41) is 13.4. The first kappa shape index (κ1) is 19.0. The Morgan fingerprint density at radius 1 is 1.25 bits per heavy atom. The molecule has 6 N–H and O–H groups in total. The number of hydrogen-bond donors (Lipinski definition) is 5. The fraction of sp³-hybridized carbons (Fsp3) is 0.150. The topological polar surface area (TPSA) is 129 Å². The Labute approximate surface area is 162 Å². The van der Waals surface area contributed by atoms with Crippen molar-refractivity contribution in [3.05, 3.63) is 66.1 Å². The van der Waals surface area contributed by atoms with Crippen LogP contribution in [0, 0.1) is 5.41 Å². The summed E-state index contributed by atoms with van der Waals surface area (Å²) in [5.41, 5.74) is 8.79. The van der Waals surface area contributed by atoms with E-state index in [1.807, 2.05) is 30.3 Å². The molecule has 0 aliphatic carbocycles. The van der Waals surface area contributed by atoms with Crippen LogP contribution in [0.2, 0.25) is 0 Å². The number of nitrogens with zero attached hydrogens (tertiary/aromatic N) is 1. The Kier molecular flexibility index (Phi) is 5.91. The zero-order valence-corrected chi connectivity index (χ0v) is 15.5. The number of hydrogen-bond acceptors (Lipinski definition) is 5. The second-order valence-corrected chi connectivity index (χ2v) is 6.05. The predicted molar refractivity (Wildman–Crippen MR) is 108 cm³/mol. The molecule has 0 atom stereocenters. The fourth-order valence-corrected chi connectivity index (χ4v) is 2.59. The lowest BCUT2D eigenvalue weighted by molar-refractivity contribution is -0.122. The quantitative estimate of drug-likeness (QED) is 0.303. The van der Waals surface area contributed by atoms with Crippen molar-refractivity contribution in [2.45, 2.75) is 6.54 Å². The van der Waals surface area contributed by atoms with Crippen molar-refractivity contribution < 1.29 is 9.53 Å². The van der Waals surface area contributed by atoms with Crippen LogP contribution < -0.4 is 21.1 Å². The number of likely N-dealkylation sites (N-methyl/N-ethyl adjacent to an activating group) is 1. The number of nitrogen functional groups attached to an aromatic ring is 1. The molecule has 8 heteroatoms. The van der Waals surface area contributed by atoms with Crippen LogP contribution in [0.5, 0.6) is 5.75 Å². The molecule has 1 heterocycles. The largest absolute Gasteiger partial charge is 0.483 e. The first-order chi connectivity index (χ1) is 13.6. The number of aromatic amines is 1. The minimum atomic E-state index is -0.267. The number of imidazole rings is 1. The Morgan fingerprint density at radius 3 is 2.75 bits per heavy atom. The van der Waals surface area contributed by atoms with E-state index in [0.717, 1.165) is 22.8 Å². The molecule has 0 fully saturated rings. The number of aromatic nitrogens is 2. The minimum absolute atomic E-state index is 0.128. The predicted octanol–water partition coefficient (Wildman–Crippen LogP) is 2.10. The molecule has 8 nitrogen and oxygen atoms in total. The fourth-order valence-electron chi connectivity index (χ4n) is 2.59. The van der Waals surface area contributed by atoms with Gasteiger partial charge in [0, 0.05) is 18.8 Å². The molecule has 1 amide bonds. The Balaban J connectivity index is 1.69. The normalized spacial score (nSPS) is 10.3. The highest BCUT2D eigenvalue weighted by molar-refractivity contribution is 5.98. The average Bonchev–Trinajstić information content (AvgIpc) is 3.20. The van der Waals surface area contributed by atoms with Crippen molar-refractivity contribution in [2.24, 2.45) is 5.73 Å². The summed E-state index contributed by atoms with van der Waals surface area (Å²) in [6.07, 6.45) is 1.79.